The molecule has 24 heavy (non-hydrogen) atoms. The van der Waals surface area contributed by atoms with Crippen LogP contribution in [0.3, 0.4) is 0 Å². The summed E-state index contributed by atoms with van der Waals surface area (Å²) in [6.07, 6.45) is 0.630. The number of aromatic nitrogens is 2. The zero-order chi connectivity index (χ0) is 16.8. The largest absolute Gasteiger partial charge is 0.378 e. The van der Waals surface area contributed by atoms with E-state index in [1.165, 1.54) is 12.1 Å². The van der Waals surface area contributed by atoms with Gasteiger partial charge in [0.05, 0.1) is 13.2 Å². The van der Waals surface area contributed by atoms with E-state index < -0.39 is 0 Å². The highest BCUT2D eigenvalue weighted by Gasteiger charge is 2.14. The van der Waals surface area contributed by atoms with Gasteiger partial charge in [0.15, 0.2) is 11.5 Å². The first-order valence-electron chi connectivity index (χ1n) is 7.91. The molecule has 6 nitrogen and oxygen atoms in total. The van der Waals surface area contributed by atoms with Gasteiger partial charge in [0.1, 0.15) is 5.82 Å². The molecule has 0 radical (unpaired) electrons. The first-order valence-corrected chi connectivity index (χ1v) is 7.91. The van der Waals surface area contributed by atoms with Crippen LogP contribution in [0.2, 0.25) is 0 Å². The van der Waals surface area contributed by atoms with Gasteiger partial charge < -0.3 is 15.0 Å². The molecule has 1 amide bonds. The normalized spacial score (nSPS) is 14.5. The zero-order valence-corrected chi connectivity index (χ0v) is 13.2. The Bertz CT molecular complexity index is 670. The minimum atomic E-state index is -0.266. The average Bonchev–Trinajstić information content (AvgIpc) is 2.64. The molecule has 1 N–H and O–H groups in total. The molecule has 1 fully saturated rings. The van der Waals surface area contributed by atoms with Gasteiger partial charge in [-0.25, -0.2) is 4.39 Å². The van der Waals surface area contributed by atoms with Crippen LogP contribution in [0, 0.1) is 5.82 Å². The molecule has 2 aromatic rings. The highest BCUT2D eigenvalue weighted by Crippen LogP contribution is 2.11. The number of rotatable bonds is 5. The van der Waals surface area contributed by atoms with Crippen molar-refractivity contribution in [3.05, 3.63) is 53.5 Å². The molecule has 7 heteroatoms. The van der Waals surface area contributed by atoms with Crippen LogP contribution >= 0.6 is 0 Å². The lowest BCUT2D eigenvalue weighted by molar-refractivity contribution is 0.0948. The van der Waals surface area contributed by atoms with E-state index in [2.05, 4.69) is 20.4 Å². The van der Waals surface area contributed by atoms with E-state index in [1.807, 2.05) is 0 Å². The molecular weight excluding hydrogens is 311 g/mol. The highest BCUT2D eigenvalue weighted by molar-refractivity contribution is 5.92. The molecule has 3 rings (SSSR count). The maximum absolute atomic E-state index is 12.8. The van der Waals surface area contributed by atoms with Crippen molar-refractivity contribution in [3.8, 4) is 0 Å². The predicted octanol–water partition coefficient (Wildman–Crippen LogP) is 1.42. The van der Waals surface area contributed by atoms with E-state index >= 15 is 0 Å². The number of hydrogen-bond acceptors (Lipinski definition) is 5. The van der Waals surface area contributed by atoms with Crippen molar-refractivity contribution in [2.45, 2.75) is 6.42 Å². The second-order valence-electron chi connectivity index (χ2n) is 5.51. The Morgan fingerprint density at radius 2 is 1.88 bits per heavy atom. The van der Waals surface area contributed by atoms with Crippen molar-refractivity contribution in [2.75, 3.05) is 37.7 Å². The van der Waals surface area contributed by atoms with Crippen molar-refractivity contribution in [1.82, 2.24) is 15.5 Å². The topological polar surface area (TPSA) is 67.4 Å². The fraction of sp³-hybridized carbons (Fsp3) is 0.353. The average molecular weight is 330 g/mol. The van der Waals surface area contributed by atoms with Crippen molar-refractivity contribution in [1.29, 1.82) is 0 Å². The number of nitrogens with one attached hydrogen (secondary N) is 1. The van der Waals surface area contributed by atoms with Gasteiger partial charge in [-0.1, -0.05) is 12.1 Å². The molecule has 1 aliphatic rings. The van der Waals surface area contributed by atoms with Gasteiger partial charge in [0.2, 0.25) is 0 Å². The second kappa shape index (κ2) is 7.83. The van der Waals surface area contributed by atoms with Crippen LogP contribution < -0.4 is 10.2 Å². The van der Waals surface area contributed by atoms with Crippen LogP contribution in [-0.2, 0) is 11.2 Å². The molecule has 1 saturated heterocycles. The Hall–Kier alpha value is -2.54. The van der Waals surface area contributed by atoms with Crippen molar-refractivity contribution < 1.29 is 13.9 Å². The van der Waals surface area contributed by atoms with Crippen LogP contribution in [0.1, 0.15) is 16.1 Å². The fourth-order valence-electron chi connectivity index (χ4n) is 2.47. The first kappa shape index (κ1) is 16.3. The minimum Gasteiger partial charge on any atom is -0.378 e. The molecule has 0 saturated carbocycles. The fourth-order valence-corrected chi connectivity index (χ4v) is 2.47. The number of benzene rings is 1. The van der Waals surface area contributed by atoms with E-state index in [0.29, 0.717) is 26.2 Å². The molecule has 0 aliphatic carbocycles. The molecule has 0 bridgehead atoms. The number of carbonyl (C=O) groups is 1. The number of amides is 1. The maximum Gasteiger partial charge on any atom is 0.271 e. The lowest BCUT2D eigenvalue weighted by Gasteiger charge is -2.27. The van der Waals surface area contributed by atoms with Crippen LogP contribution in [0.15, 0.2) is 36.4 Å². The van der Waals surface area contributed by atoms with Gasteiger partial charge >= 0.3 is 0 Å². The minimum absolute atomic E-state index is 0.265. The summed E-state index contributed by atoms with van der Waals surface area (Å²) in [6, 6.07) is 9.70. The highest BCUT2D eigenvalue weighted by atomic mass is 19.1. The van der Waals surface area contributed by atoms with E-state index in [1.54, 1.807) is 24.3 Å². The molecule has 0 spiro atoms. The summed E-state index contributed by atoms with van der Waals surface area (Å²) < 4.78 is 18.1. The Kier molecular flexibility index (Phi) is 5.32. The number of morpholine rings is 1. The summed E-state index contributed by atoms with van der Waals surface area (Å²) in [5.74, 6) is 0.220. The summed E-state index contributed by atoms with van der Waals surface area (Å²) >= 11 is 0. The van der Waals surface area contributed by atoms with Crippen LogP contribution in [0.25, 0.3) is 0 Å². The summed E-state index contributed by atoms with van der Waals surface area (Å²) in [7, 11) is 0. The lowest BCUT2D eigenvalue weighted by Crippen LogP contribution is -2.37. The predicted molar refractivity (Wildman–Crippen MR) is 87.5 cm³/mol. The monoisotopic (exact) mass is 330 g/mol. The van der Waals surface area contributed by atoms with Gasteiger partial charge in [-0.3, -0.25) is 4.79 Å². The Morgan fingerprint density at radius 1 is 1.12 bits per heavy atom. The lowest BCUT2D eigenvalue weighted by atomic mass is 10.1. The molecular formula is C17H19FN4O2. The number of nitrogens with zero attached hydrogens (tertiary/aromatic N) is 3. The van der Waals surface area contributed by atoms with Crippen LogP contribution in [0.5, 0.6) is 0 Å². The van der Waals surface area contributed by atoms with E-state index in [4.69, 9.17) is 4.74 Å². The Labute approximate surface area is 139 Å². The maximum atomic E-state index is 12.8. The SMILES string of the molecule is O=C(NCCc1ccc(F)cc1)c1ccc(N2CCOCC2)nn1. The Balaban J connectivity index is 1.50. The first-order chi connectivity index (χ1) is 11.7. The standard InChI is InChI=1S/C17H19FN4O2/c18-14-3-1-13(2-4-14)7-8-19-17(23)15-5-6-16(21-20-15)22-9-11-24-12-10-22/h1-6H,7-12H2,(H,19,23). The quantitative estimate of drug-likeness (QED) is 0.898. The van der Waals surface area contributed by atoms with Crippen molar-refractivity contribution in [3.63, 3.8) is 0 Å². The smallest absolute Gasteiger partial charge is 0.271 e. The summed E-state index contributed by atoms with van der Waals surface area (Å²) in [6.45, 7) is 3.35. The van der Waals surface area contributed by atoms with E-state index in [-0.39, 0.29) is 17.4 Å². The molecule has 2 heterocycles. The summed E-state index contributed by atoms with van der Waals surface area (Å²) in [5, 5.41) is 10.9. The molecule has 1 aromatic heterocycles. The zero-order valence-electron chi connectivity index (χ0n) is 13.2. The van der Waals surface area contributed by atoms with Crippen LogP contribution in [-0.4, -0.2) is 49.0 Å². The Morgan fingerprint density at radius 3 is 2.54 bits per heavy atom. The third-order valence-electron chi connectivity index (χ3n) is 3.83. The summed E-state index contributed by atoms with van der Waals surface area (Å²) in [4.78, 5) is 14.1. The molecule has 1 aromatic carbocycles. The van der Waals surface area contributed by atoms with E-state index in [9.17, 15) is 9.18 Å². The number of hydrogen-bond donors (Lipinski definition) is 1. The van der Waals surface area contributed by atoms with Gasteiger partial charge in [0, 0.05) is 19.6 Å². The van der Waals surface area contributed by atoms with Crippen molar-refractivity contribution >= 4 is 11.7 Å². The molecule has 1 aliphatic heterocycles. The molecule has 0 unspecified atom stereocenters. The van der Waals surface area contributed by atoms with Gasteiger partial charge in [0.25, 0.3) is 5.91 Å². The van der Waals surface area contributed by atoms with E-state index in [0.717, 1.165) is 24.5 Å². The van der Waals surface area contributed by atoms with Gasteiger partial charge in [-0.2, -0.15) is 0 Å². The van der Waals surface area contributed by atoms with Crippen molar-refractivity contribution in [2.24, 2.45) is 0 Å². The second-order valence-corrected chi connectivity index (χ2v) is 5.51. The molecule has 126 valence electrons. The van der Waals surface area contributed by atoms with Gasteiger partial charge in [-0.05, 0) is 36.2 Å². The number of anilines is 1. The molecule has 0 atom stereocenters. The third kappa shape index (κ3) is 4.26. The van der Waals surface area contributed by atoms with Gasteiger partial charge in [-0.15, -0.1) is 10.2 Å². The number of halogens is 1. The third-order valence-corrected chi connectivity index (χ3v) is 3.83. The van der Waals surface area contributed by atoms with Crippen LogP contribution in [0.4, 0.5) is 10.2 Å². The number of carbonyl (C=O) groups excluding carboxylic acids is 1. The number of ether oxygens (including phenoxy) is 1. The summed E-state index contributed by atoms with van der Waals surface area (Å²) in [5.41, 5.74) is 1.25.